The molecule has 0 radical (unpaired) electrons. The van der Waals surface area contributed by atoms with Crippen molar-refractivity contribution in [3.63, 3.8) is 0 Å². The van der Waals surface area contributed by atoms with Crippen LogP contribution in [0.3, 0.4) is 0 Å². The zero-order chi connectivity index (χ0) is 42.3. The summed E-state index contributed by atoms with van der Waals surface area (Å²) in [5.74, 6) is 1.49. The molecule has 2 atom stereocenters. The van der Waals surface area contributed by atoms with Crippen molar-refractivity contribution in [2.45, 2.75) is 89.7 Å². The van der Waals surface area contributed by atoms with Crippen molar-refractivity contribution < 1.29 is 25.8 Å². The molecule has 310 valence electrons. The van der Waals surface area contributed by atoms with Crippen LogP contribution in [0.15, 0.2) is 145 Å². The second-order valence-corrected chi connectivity index (χ2v) is 19.6. The van der Waals surface area contributed by atoms with Gasteiger partial charge in [0.2, 0.25) is 0 Å². The summed E-state index contributed by atoms with van der Waals surface area (Å²) in [6.07, 6.45) is 1.94. The predicted octanol–water partition coefficient (Wildman–Crippen LogP) is 13.6. The molecule has 0 fully saturated rings. The van der Waals surface area contributed by atoms with Gasteiger partial charge in [0.25, 0.3) is 0 Å². The summed E-state index contributed by atoms with van der Waals surface area (Å²) >= 11 is 0. The molecule has 0 saturated carbocycles. The molecule has 2 aromatic heterocycles. The van der Waals surface area contributed by atoms with Gasteiger partial charge in [-0.1, -0.05) is 162 Å². The Bertz CT molecular complexity index is 3150. The number of hydrogen-bond acceptors (Lipinski definition) is 4. The van der Waals surface area contributed by atoms with Crippen LogP contribution in [0.2, 0.25) is 0 Å². The summed E-state index contributed by atoms with van der Waals surface area (Å²) in [5, 5.41) is 2.33. The van der Waals surface area contributed by atoms with E-state index in [0.29, 0.717) is 5.90 Å². The molecule has 0 unspecified atom stereocenters. The van der Waals surface area contributed by atoms with Crippen molar-refractivity contribution in [1.29, 1.82) is 0 Å². The van der Waals surface area contributed by atoms with Crippen molar-refractivity contribution in [2.75, 3.05) is 4.90 Å². The minimum atomic E-state index is -0.654. The Hall–Kier alpha value is -5.77. The second kappa shape index (κ2) is 13.6. The van der Waals surface area contributed by atoms with Gasteiger partial charge in [0.15, 0.2) is 0 Å². The Morgan fingerprint density at radius 1 is 0.629 bits per heavy atom. The zero-order valence-corrected chi connectivity index (χ0v) is 39.1. The Morgan fingerprint density at radius 2 is 1.31 bits per heavy atom. The van der Waals surface area contributed by atoms with Crippen molar-refractivity contribution >= 4 is 44.8 Å². The van der Waals surface area contributed by atoms with Crippen LogP contribution in [0.1, 0.15) is 95.7 Å². The maximum absolute atomic E-state index is 7.20. The van der Waals surface area contributed by atoms with Crippen molar-refractivity contribution in [1.82, 2.24) is 9.55 Å². The van der Waals surface area contributed by atoms with Crippen molar-refractivity contribution in [3.05, 3.63) is 185 Å². The Labute approximate surface area is 379 Å². The van der Waals surface area contributed by atoms with E-state index >= 15 is 0 Å². The van der Waals surface area contributed by atoms with E-state index in [0.717, 1.165) is 56.0 Å². The first-order chi connectivity index (χ1) is 29.1. The van der Waals surface area contributed by atoms with Gasteiger partial charge in [-0.3, -0.25) is 4.99 Å². The van der Waals surface area contributed by atoms with E-state index in [2.05, 4.69) is 217 Å². The quantitative estimate of drug-likeness (QED) is 0.165. The Balaban J connectivity index is 0.00000458. The van der Waals surface area contributed by atoms with Gasteiger partial charge in [-0.2, -0.15) is 6.07 Å². The SMILES string of the molecule is CC(C)(C)c1ccnc(-n2c3[c-]c4c(cc3c3ccccc32)C(C)(C)c2ccccc2N4c2[c-]c(C3=N[C@]4(C)C(C)(C)c5ccccc5[C@]4(C)O3)cc(-c3ccccc3)c2)c1.[Pt+2]. The van der Waals surface area contributed by atoms with Gasteiger partial charge in [0, 0.05) is 28.4 Å². The smallest absolute Gasteiger partial charge is 0.508 e. The number of ether oxygens (including phenoxy) is 1. The molecule has 0 N–H and O–H groups in total. The molecule has 0 saturated heterocycles. The van der Waals surface area contributed by atoms with Gasteiger partial charge >= 0.3 is 21.1 Å². The third-order valence-electron chi connectivity index (χ3n) is 14.6. The van der Waals surface area contributed by atoms with E-state index in [1.165, 1.54) is 33.2 Å². The fourth-order valence-electron chi connectivity index (χ4n) is 10.6. The van der Waals surface area contributed by atoms with Crippen LogP contribution in [-0.4, -0.2) is 21.0 Å². The largest absolute Gasteiger partial charge is 2.00 e. The van der Waals surface area contributed by atoms with Crippen LogP contribution in [0.5, 0.6) is 0 Å². The van der Waals surface area contributed by atoms with E-state index in [1.54, 1.807) is 0 Å². The van der Waals surface area contributed by atoms with Crippen molar-refractivity contribution in [3.8, 4) is 16.9 Å². The zero-order valence-electron chi connectivity index (χ0n) is 36.8. The summed E-state index contributed by atoms with van der Waals surface area (Å²) in [6.45, 7) is 20.5. The number of rotatable bonds is 4. The number of benzene rings is 6. The molecule has 6 aromatic carbocycles. The molecule has 5 nitrogen and oxygen atoms in total. The van der Waals surface area contributed by atoms with Crippen LogP contribution in [-0.2, 0) is 47.6 Å². The maximum atomic E-state index is 7.20. The van der Waals surface area contributed by atoms with E-state index in [1.807, 2.05) is 6.20 Å². The number of aliphatic imine (C=N–C) groups is 1. The molecule has 4 heterocycles. The number of para-hydroxylation sites is 2. The third kappa shape index (κ3) is 5.49. The van der Waals surface area contributed by atoms with E-state index in [9.17, 15) is 0 Å². The number of nitrogens with zero attached hydrogens (tertiary/aromatic N) is 4. The molecule has 0 amide bonds. The molecule has 3 aliphatic rings. The molecular weight excluding hydrogens is 940 g/mol. The summed E-state index contributed by atoms with van der Waals surface area (Å²) in [7, 11) is 0. The molecule has 62 heavy (non-hydrogen) atoms. The van der Waals surface area contributed by atoms with Crippen molar-refractivity contribution in [2.24, 2.45) is 4.99 Å². The van der Waals surface area contributed by atoms with Gasteiger partial charge < -0.3 is 14.2 Å². The summed E-state index contributed by atoms with van der Waals surface area (Å²) in [4.78, 5) is 13.0. The van der Waals surface area contributed by atoms with Crippen LogP contribution in [0.4, 0.5) is 17.1 Å². The van der Waals surface area contributed by atoms with Gasteiger partial charge in [-0.25, -0.2) is 4.98 Å². The second-order valence-electron chi connectivity index (χ2n) is 19.6. The van der Waals surface area contributed by atoms with Crippen LogP contribution < -0.4 is 4.90 Å². The molecule has 2 aliphatic heterocycles. The van der Waals surface area contributed by atoms with Gasteiger partial charge in [0.1, 0.15) is 22.9 Å². The van der Waals surface area contributed by atoms with E-state index in [-0.39, 0.29) is 37.3 Å². The fourth-order valence-corrected chi connectivity index (χ4v) is 10.6. The molecule has 0 spiro atoms. The molecular formula is C56H50N4OPt. The molecule has 8 aromatic rings. The Morgan fingerprint density at radius 3 is 2.06 bits per heavy atom. The number of anilines is 3. The summed E-state index contributed by atoms with van der Waals surface area (Å²) in [6, 6.07) is 56.0. The Kier molecular flexibility index (Phi) is 8.85. The van der Waals surface area contributed by atoms with E-state index < -0.39 is 11.1 Å². The average molecular weight is 990 g/mol. The summed E-state index contributed by atoms with van der Waals surface area (Å²) < 4.78 is 9.49. The topological polar surface area (TPSA) is 42.7 Å². The number of fused-ring (bicyclic) bond motifs is 8. The molecule has 0 bridgehead atoms. The predicted molar refractivity (Wildman–Crippen MR) is 250 cm³/mol. The van der Waals surface area contributed by atoms with Crippen LogP contribution in [0.25, 0.3) is 38.8 Å². The van der Waals surface area contributed by atoms with Crippen LogP contribution >= 0.6 is 0 Å². The standard InChI is InChI=1S/C56H50N4O.Pt/c1-52(2,3)38-27-28-57-50(32-38)60-46-25-17-13-21-40(46)41-33-45-49(34-48(41)60)59(47-26-18-16-24-44(47)53(45,4)5)39-30-36(35-19-11-10-12-20-35)29-37(31-39)51-58-56(9)54(6,7)42-22-14-15-23-43(42)55(56,8)61-51;/h10-30,32-33H,1-9H3;/q-2;+2/t55-,56+;/m0./s1. The summed E-state index contributed by atoms with van der Waals surface area (Å²) in [5.41, 5.74) is 12.3. The normalized spacial score (nSPS) is 20.5. The van der Waals surface area contributed by atoms with Crippen LogP contribution in [0, 0.1) is 12.1 Å². The minimum Gasteiger partial charge on any atom is -0.508 e. The first-order valence-corrected chi connectivity index (χ1v) is 21.5. The number of hydrogen-bond donors (Lipinski definition) is 0. The maximum Gasteiger partial charge on any atom is 2.00 e. The molecule has 6 heteroatoms. The van der Waals surface area contributed by atoms with Gasteiger partial charge in [-0.05, 0) is 82.3 Å². The third-order valence-corrected chi connectivity index (χ3v) is 14.6. The monoisotopic (exact) mass is 989 g/mol. The number of pyridine rings is 1. The van der Waals surface area contributed by atoms with Gasteiger partial charge in [-0.15, -0.1) is 35.2 Å². The fraction of sp³-hybridized carbons (Fsp3) is 0.250. The van der Waals surface area contributed by atoms with Gasteiger partial charge in [0.05, 0.1) is 0 Å². The minimum absolute atomic E-state index is 0. The van der Waals surface area contributed by atoms with E-state index in [4.69, 9.17) is 14.7 Å². The molecule has 11 rings (SSSR count). The first kappa shape index (κ1) is 40.3. The molecule has 1 aliphatic carbocycles. The first-order valence-electron chi connectivity index (χ1n) is 21.5. The average Bonchev–Trinajstić information content (AvgIpc) is 3.78. The number of aromatic nitrogens is 2.